The van der Waals surface area contributed by atoms with Crippen LogP contribution in [0, 0.1) is 0 Å². The molecule has 1 aromatic carbocycles. The largest absolute Gasteiger partial charge is 0.452 e. The van der Waals surface area contributed by atoms with Crippen LogP contribution in [0.15, 0.2) is 34.6 Å². The number of hydrogen-bond acceptors (Lipinski definition) is 7. The molecule has 160 valence electrons. The molecular weight excluding hydrogens is 396 g/mol. The van der Waals surface area contributed by atoms with Gasteiger partial charge in [-0.15, -0.1) is 5.11 Å². The third-order valence-electron chi connectivity index (χ3n) is 4.74. The highest BCUT2D eigenvalue weighted by Gasteiger charge is 2.36. The van der Waals surface area contributed by atoms with Gasteiger partial charge in [0, 0.05) is 26.2 Å². The van der Waals surface area contributed by atoms with E-state index in [1.807, 2.05) is 13.8 Å². The van der Waals surface area contributed by atoms with Crippen molar-refractivity contribution in [1.82, 2.24) is 9.91 Å². The fourth-order valence-electron chi connectivity index (χ4n) is 3.15. The Morgan fingerprint density at radius 2 is 1.97 bits per heavy atom. The maximum absolute atomic E-state index is 12.8. The van der Waals surface area contributed by atoms with Crippen LogP contribution in [0.4, 0.5) is 5.69 Å². The second-order valence-corrected chi connectivity index (χ2v) is 9.47. The molecule has 10 heteroatoms. The van der Waals surface area contributed by atoms with Gasteiger partial charge in [0.05, 0.1) is 17.1 Å². The third kappa shape index (κ3) is 6.25. The van der Waals surface area contributed by atoms with Gasteiger partial charge in [0.25, 0.3) is 5.91 Å². The molecule has 0 aromatic heterocycles. The van der Waals surface area contributed by atoms with Gasteiger partial charge >= 0.3 is 5.97 Å². The lowest BCUT2D eigenvalue weighted by atomic mass is 10.1. The molecule has 1 heterocycles. The zero-order valence-corrected chi connectivity index (χ0v) is 18.1. The average molecular weight is 425 g/mol. The fourth-order valence-corrected chi connectivity index (χ4v) is 4.86. The molecule has 1 aliphatic rings. The van der Waals surface area contributed by atoms with Crippen LogP contribution in [-0.2, 0) is 19.4 Å². The van der Waals surface area contributed by atoms with Gasteiger partial charge in [-0.3, -0.25) is 9.80 Å². The highest BCUT2D eigenvalue weighted by atomic mass is 32.2. The number of nitrogens with zero attached hydrogens (tertiary/aromatic N) is 4. The lowest BCUT2D eigenvalue weighted by Crippen LogP contribution is -2.48. The first-order valence-corrected chi connectivity index (χ1v) is 11.3. The second-order valence-electron chi connectivity index (χ2n) is 7.25. The monoisotopic (exact) mass is 424 g/mol. The van der Waals surface area contributed by atoms with Crippen molar-refractivity contribution in [2.75, 3.05) is 32.2 Å². The summed E-state index contributed by atoms with van der Waals surface area (Å²) in [6.45, 7) is 3.33. The van der Waals surface area contributed by atoms with Crippen molar-refractivity contribution < 1.29 is 22.7 Å². The first-order chi connectivity index (χ1) is 13.6. The number of carbonyl (C=O) groups is 2. The quantitative estimate of drug-likeness (QED) is 0.360. The van der Waals surface area contributed by atoms with E-state index >= 15 is 0 Å². The van der Waals surface area contributed by atoms with Gasteiger partial charge in [-0.25, -0.2) is 13.2 Å². The molecule has 9 nitrogen and oxygen atoms in total. The Balaban J connectivity index is 2.09. The van der Waals surface area contributed by atoms with Crippen LogP contribution in [-0.4, -0.2) is 74.5 Å². The van der Waals surface area contributed by atoms with Crippen molar-refractivity contribution in [3.63, 3.8) is 0 Å². The van der Waals surface area contributed by atoms with E-state index in [2.05, 4.69) is 10.3 Å². The van der Waals surface area contributed by atoms with E-state index in [0.717, 1.165) is 0 Å². The third-order valence-corrected chi connectivity index (χ3v) is 6.49. The van der Waals surface area contributed by atoms with Crippen molar-refractivity contribution in [2.24, 2.45) is 10.3 Å². The molecule has 1 aliphatic heterocycles. The summed E-state index contributed by atoms with van der Waals surface area (Å²) in [6, 6.07) is 6.02. The van der Waals surface area contributed by atoms with Crippen molar-refractivity contribution in [3.05, 3.63) is 29.8 Å². The summed E-state index contributed by atoms with van der Waals surface area (Å²) in [5.74, 6) is -1.07. The lowest BCUT2D eigenvalue weighted by Gasteiger charge is -2.33. The molecule has 0 unspecified atom stereocenters. The minimum Gasteiger partial charge on any atom is -0.452 e. The van der Waals surface area contributed by atoms with Crippen LogP contribution in [0.25, 0.3) is 0 Å². The molecule has 1 aromatic rings. The minimum absolute atomic E-state index is 0.0508. The summed E-state index contributed by atoms with van der Waals surface area (Å²) in [4.78, 5) is 26.8. The minimum atomic E-state index is -3.14. The van der Waals surface area contributed by atoms with Crippen LogP contribution in [0.5, 0.6) is 0 Å². The summed E-state index contributed by atoms with van der Waals surface area (Å²) in [5, 5.41) is 9.37. The highest BCUT2D eigenvalue weighted by Crippen LogP contribution is 2.23. The summed E-state index contributed by atoms with van der Waals surface area (Å²) in [6.07, 6.45) is 1.07. The Morgan fingerprint density at radius 1 is 1.28 bits per heavy atom. The van der Waals surface area contributed by atoms with Gasteiger partial charge < -0.3 is 9.64 Å². The van der Waals surface area contributed by atoms with Gasteiger partial charge in [-0.1, -0.05) is 24.3 Å². The van der Waals surface area contributed by atoms with E-state index < -0.39 is 28.3 Å². The standard InChI is InChI=1S/C19H28N4O5S/c1-5-14(2)23(15-10-11-29(26,27)13-15)18(24)12-28-19(25)16-8-6-7-9-17(16)20-21-22(3)4/h6-9,14-15H,5,10-13H2,1-4H3/t14-,15+/m0/s1. The topological polar surface area (TPSA) is 109 Å². The molecule has 0 aliphatic carbocycles. The van der Waals surface area contributed by atoms with Gasteiger partial charge in [0.2, 0.25) is 0 Å². The van der Waals surface area contributed by atoms with Gasteiger partial charge in [-0.2, -0.15) is 0 Å². The van der Waals surface area contributed by atoms with E-state index in [1.165, 1.54) is 5.01 Å². The average Bonchev–Trinajstić information content (AvgIpc) is 3.03. The van der Waals surface area contributed by atoms with Crippen molar-refractivity contribution >= 4 is 27.4 Å². The highest BCUT2D eigenvalue weighted by molar-refractivity contribution is 7.91. The first-order valence-electron chi connectivity index (χ1n) is 9.51. The van der Waals surface area contributed by atoms with Crippen molar-refractivity contribution in [3.8, 4) is 0 Å². The van der Waals surface area contributed by atoms with Gasteiger partial charge in [0.1, 0.15) is 5.69 Å². The molecule has 0 N–H and O–H groups in total. The Morgan fingerprint density at radius 3 is 2.55 bits per heavy atom. The van der Waals surface area contributed by atoms with Gasteiger partial charge in [-0.05, 0) is 31.9 Å². The Kier molecular flexibility index (Phi) is 7.72. The summed E-state index contributed by atoms with van der Waals surface area (Å²) in [5.41, 5.74) is 0.531. The van der Waals surface area contributed by atoms with E-state index in [1.54, 1.807) is 43.3 Å². The molecule has 1 saturated heterocycles. The summed E-state index contributed by atoms with van der Waals surface area (Å²) in [7, 11) is 0.271. The zero-order chi connectivity index (χ0) is 21.6. The van der Waals surface area contributed by atoms with E-state index in [9.17, 15) is 18.0 Å². The molecule has 2 atom stereocenters. The maximum Gasteiger partial charge on any atom is 0.340 e. The van der Waals surface area contributed by atoms with E-state index in [0.29, 0.717) is 18.5 Å². The predicted octanol–water partition coefficient (Wildman–Crippen LogP) is 2.22. The van der Waals surface area contributed by atoms with Crippen LogP contribution >= 0.6 is 0 Å². The van der Waals surface area contributed by atoms with E-state index in [-0.39, 0.29) is 29.2 Å². The Labute approximate surface area is 171 Å². The fraction of sp³-hybridized carbons (Fsp3) is 0.579. The Hall–Kier alpha value is -2.49. The van der Waals surface area contributed by atoms with Crippen LogP contribution in [0.3, 0.4) is 0 Å². The van der Waals surface area contributed by atoms with Crippen LogP contribution in [0.2, 0.25) is 0 Å². The molecule has 1 amide bonds. The molecule has 0 saturated carbocycles. The summed E-state index contributed by atoms with van der Waals surface area (Å²) < 4.78 is 28.9. The number of sulfone groups is 1. The number of hydrogen-bond donors (Lipinski definition) is 0. The van der Waals surface area contributed by atoms with E-state index in [4.69, 9.17) is 4.74 Å². The molecule has 2 rings (SSSR count). The second kappa shape index (κ2) is 9.82. The number of benzene rings is 1. The summed E-state index contributed by atoms with van der Waals surface area (Å²) >= 11 is 0. The number of amides is 1. The molecule has 0 spiro atoms. The normalized spacial score (nSPS) is 19.1. The van der Waals surface area contributed by atoms with Crippen LogP contribution < -0.4 is 0 Å². The molecule has 1 fully saturated rings. The van der Waals surface area contributed by atoms with Crippen molar-refractivity contribution in [2.45, 2.75) is 38.8 Å². The number of esters is 1. The molecular formula is C19H28N4O5S. The molecule has 0 radical (unpaired) electrons. The van der Waals surface area contributed by atoms with Crippen LogP contribution in [0.1, 0.15) is 37.0 Å². The zero-order valence-electron chi connectivity index (χ0n) is 17.2. The SMILES string of the molecule is CC[C@H](C)N(C(=O)COC(=O)c1ccccc1N=NN(C)C)[C@@H]1CCS(=O)(=O)C1. The number of ether oxygens (including phenoxy) is 1. The lowest BCUT2D eigenvalue weighted by molar-refractivity contribution is -0.138. The van der Waals surface area contributed by atoms with Gasteiger partial charge in [0.15, 0.2) is 16.4 Å². The molecule has 29 heavy (non-hydrogen) atoms. The smallest absolute Gasteiger partial charge is 0.340 e. The van der Waals surface area contributed by atoms with Crippen molar-refractivity contribution in [1.29, 1.82) is 0 Å². The Bertz CT molecular complexity index is 869. The maximum atomic E-state index is 12.8. The predicted molar refractivity (Wildman–Crippen MR) is 109 cm³/mol. The first kappa shape index (κ1) is 22.8. The number of carbonyl (C=O) groups excluding carboxylic acids is 2. The molecule has 0 bridgehead atoms. The number of rotatable bonds is 8.